The number of ether oxygens (including phenoxy) is 1. The van der Waals surface area contributed by atoms with Gasteiger partial charge in [0.2, 0.25) is 0 Å². The molecule has 2 aromatic carbocycles. The normalized spacial score (nSPS) is 10.7. The summed E-state index contributed by atoms with van der Waals surface area (Å²) in [6.45, 7) is 8.45. The van der Waals surface area contributed by atoms with Crippen LogP contribution in [-0.4, -0.2) is 34.8 Å². The molecule has 0 atom stereocenters. The predicted molar refractivity (Wildman–Crippen MR) is 120 cm³/mol. The van der Waals surface area contributed by atoms with E-state index in [4.69, 9.17) is 4.74 Å². The maximum atomic E-state index is 12.6. The van der Waals surface area contributed by atoms with Crippen LogP contribution in [-0.2, 0) is 22.5 Å². The molecule has 0 radical (unpaired) electrons. The molecule has 3 rings (SSSR count). The minimum Gasteiger partial charge on any atom is -0.452 e. The van der Waals surface area contributed by atoms with Gasteiger partial charge in [-0.25, -0.2) is 4.79 Å². The Labute approximate surface area is 183 Å². The van der Waals surface area contributed by atoms with E-state index in [1.807, 2.05) is 69.3 Å². The third-order valence-corrected chi connectivity index (χ3v) is 5.35. The zero-order chi connectivity index (χ0) is 22.4. The van der Waals surface area contributed by atoms with E-state index in [0.717, 1.165) is 17.7 Å². The van der Waals surface area contributed by atoms with Crippen molar-refractivity contribution < 1.29 is 14.3 Å². The quantitative estimate of drug-likeness (QED) is 0.565. The second-order valence-electron chi connectivity index (χ2n) is 7.79. The summed E-state index contributed by atoms with van der Waals surface area (Å²) in [5.74, 6) is -0.844. The molecule has 162 valence electrons. The molecule has 0 aliphatic rings. The Morgan fingerprint density at radius 2 is 1.71 bits per heavy atom. The Bertz CT molecular complexity index is 1070. The van der Waals surface area contributed by atoms with E-state index < -0.39 is 5.97 Å². The molecule has 6 nitrogen and oxygen atoms in total. The van der Waals surface area contributed by atoms with Crippen LogP contribution in [0.2, 0.25) is 0 Å². The van der Waals surface area contributed by atoms with E-state index >= 15 is 0 Å². The van der Waals surface area contributed by atoms with Gasteiger partial charge in [-0.1, -0.05) is 54.1 Å². The number of nitrogens with one attached hydrogen (secondary N) is 1. The summed E-state index contributed by atoms with van der Waals surface area (Å²) in [6.07, 6.45) is 0.732. The Morgan fingerprint density at radius 1 is 1.00 bits per heavy atom. The van der Waals surface area contributed by atoms with Crippen molar-refractivity contribution in [1.29, 1.82) is 0 Å². The molecule has 0 aliphatic carbocycles. The Morgan fingerprint density at radius 3 is 2.42 bits per heavy atom. The second kappa shape index (κ2) is 10.1. The number of rotatable bonds is 8. The van der Waals surface area contributed by atoms with Crippen molar-refractivity contribution in [2.75, 3.05) is 13.2 Å². The van der Waals surface area contributed by atoms with Crippen LogP contribution in [0.3, 0.4) is 0 Å². The molecule has 6 heteroatoms. The van der Waals surface area contributed by atoms with Crippen LogP contribution in [0.1, 0.15) is 44.0 Å². The van der Waals surface area contributed by atoms with Crippen LogP contribution in [0.25, 0.3) is 0 Å². The van der Waals surface area contributed by atoms with Gasteiger partial charge in [-0.2, -0.15) is 5.10 Å². The molecule has 0 saturated carbocycles. The molecule has 1 amide bonds. The Balaban J connectivity index is 1.53. The minimum atomic E-state index is -0.529. The van der Waals surface area contributed by atoms with Gasteiger partial charge >= 0.3 is 5.97 Å². The largest absolute Gasteiger partial charge is 0.452 e. The van der Waals surface area contributed by atoms with E-state index in [-0.39, 0.29) is 12.5 Å². The first-order chi connectivity index (χ1) is 14.8. The van der Waals surface area contributed by atoms with Gasteiger partial charge in [0, 0.05) is 6.54 Å². The van der Waals surface area contributed by atoms with E-state index in [1.165, 1.54) is 16.7 Å². The third kappa shape index (κ3) is 5.81. The summed E-state index contributed by atoms with van der Waals surface area (Å²) < 4.78 is 7.04. The fourth-order valence-electron chi connectivity index (χ4n) is 3.49. The van der Waals surface area contributed by atoms with Crippen molar-refractivity contribution in [3.05, 3.63) is 87.7 Å². The smallest absolute Gasteiger partial charge is 0.342 e. The number of benzene rings is 2. The van der Waals surface area contributed by atoms with Crippen LogP contribution in [0.4, 0.5) is 0 Å². The average molecular weight is 420 g/mol. The maximum absolute atomic E-state index is 12.6. The molecule has 1 aromatic heterocycles. The van der Waals surface area contributed by atoms with Crippen molar-refractivity contribution in [2.45, 2.75) is 40.7 Å². The first-order valence-corrected chi connectivity index (χ1v) is 10.4. The van der Waals surface area contributed by atoms with Crippen LogP contribution >= 0.6 is 0 Å². The lowest BCUT2D eigenvalue weighted by Gasteiger charge is -2.09. The highest BCUT2D eigenvalue weighted by molar-refractivity contribution is 5.93. The van der Waals surface area contributed by atoms with Gasteiger partial charge in [0.05, 0.1) is 17.9 Å². The summed E-state index contributed by atoms with van der Waals surface area (Å²) in [5.41, 5.74) is 6.41. The van der Waals surface area contributed by atoms with Gasteiger partial charge < -0.3 is 10.1 Å². The van der Waals surface area contributed by atoms with Crippen LogP contribution < -0.4 is 5.32 Å². The molecule has 31 heavy (non-hydrogen) atoms. The molecule has 1 heterocycles. The number of esters is 1. The molecule has 0 aliphatic heterocycles. The number of aryl methyl sites for hydroxylation is 3. The highest BCUT2D eigenvalue weighted by Crippen LogP contribution is 2.16. The molecule has 0 saturated heterocycles. The van der Waals surface area contributed by atoms with Crippen molar-refractivity contribution >= 4 is 11.9 Å². The number of amides is 1. The van der Waals surface area contributed by atoms with Crippen LogP contribution in [0.15, 0.2) is 48.5 Å². The molecule has 3 aromatic rings. The van der Waals surface area contributed by atoms with Crippen LogP contribution in [0.5, 0.6) is 0 Å². The Kier molecular flexibility index (Phi) is 7.23. The van der Waals surface area contributed by atoms with Gasteiger partial charge in [0.25, 0.3) is 5.91 Å². The summed E-state index contributed by atoms with van der Waals surface area (Å²) in [5, 5.41) is 7.28. The van der Waals surface area contributed by atoms with E-state index in [1.54, 1.807) is 11.6 Å². The molecule has 1 N–H and O–H groups in total. The van der Waals surface area contributed by atoms with Gasteiger partial charge in [-0.15, -0.1) is 0 Å². The highest BCUT2D eigenvalue weighted by atomic mass is 16.5. The van der Waals surface area contributed by atoms with Crippen molar-refractivity contribution in [3.63, 3.8) is 0 Å². The van der Waals surface area contributed by atoms with E-state index in [2.05, 4.69) is 10.4 Å². The first kappa shape index (κ1) is 22.3. The highest BCUT2D eigenvalue weighted by Gasteiger charge is 2.21. The number of carbonyl (C=O) groups excluding carboxylic acids is 2. The number of hydrogen-bond acceptors (Lipinski definition) is 4. The summed E-state index contributed by atoms with van der Waals surface area (Å²) in [6, 6.07) is 16.3. The summed E-state index contributed by atoms with van der Waals surface area (Å²) in [4.78, 5) is 24.7. The second-order valence-corrected chi connectivity index (χ2v) is 7.79. The SMILES string of the molecule is Cc1ccc(Cn2nc(C)c(C(=O)OCC(=O)NCCc3ccccc3C)c2C)cc1. The van der Waals surface area contributed by atoms with Crippen molar-refractivity contribution in [2.24, 2.45) is 0 Å². The molecule has 0 spiro atoms. The van der Waals surface area contributed by atoms with Crippen molar-refractivity contribution in [1.82, 2.24) is 15.1 Å². The van der Waals surface area contributed by atoms with E-state index in [0.29, 0.717) is 24.3 Å². The van der Waals surface area contributed by atoms with E-state index in [9.17, 15) is 9.59 Å². The monoisotopic (exact) mass is 419 g/mol. The molecule has 0 fully saturated rings. The minimum absolute atomic E-state index is 0.311. The number of carbonyl (C=O) groups is 2. The standard InChI is InChI=1S/C25H29N3O3/c1-17-9-11-21(12-10-17)15-28-20(4)24(19(3)27-28)25(30)31-16-23(29)26-14-13-22-8-6-5-7-18(22)2/h5-12H,13-16H2,1-4H3,(H,26,29). The first-order valence-electron chi connectivity index (χ1n) is 10.4. The number of nitrogens with zero attached hydrogens (tertiary/aromatic N) is 2. The third-order valence-electron chi connectivity index (χ3n) is 5.35. The topological polar surface area (TPSA) is 73.2 Å². The zero-order valence-electron chi connectivity index (χ0n) is 18.6. The van der Waals surface area contributed by atoms with Crippen LogP contribution in [0, 0.1) is 27.7 Å². The number of aromatic nitrogens is 2. The average Bonchev–Trinajstić information content (AvgIpc) is 3.02. The Hall–Kier alpha value is -3.41. The lowest BCUT2D eigenvalue weighted by atomic mass is 10.1. The summed E-state index contributed by atoms with van der Waals surface area (Å²) in [7, 11) is 0. The van der Waals surface area contributed by atoms with Crippen molar-refractivity contribution in [3.8, 4) is 0 Å². The fraction of sp³-hybridized carbons (Fsp3) is 0.320. The van der Waals surface area contributed by atoms with Gasteiger partial charge in [-0.05, 0) is 50.8 Å². The zero-order valence-corrected chi connectivity index (χ0v) is 18.6. The van der Waals surface area contributed by atoms with Gasteiger partial charge in [-0.3, -0.25) is 9.48 Å². The fourth-order valence-corrected chi connectivity index (χ4v) is 3.49. The van der Waals surface area contributed by atoms with Gasteiger partial charge in [0.1, 0.15) is 5.56 Å². The molecular formula is C25H29N3O3. The summed E-state index contributed by atoms with van der Waals surface area (Å²) >= 11 is 0. The molecule has 0 unspecified atom stereocenters. The molecule has 0 bridgehead atoms. The molecular weight excluding hydrogens is 390 g/mol. The lowest BCUT2D eigenvalue weighted by molar-refractivity contribution is -0.124. The number of hydrogen-bond donors (Lipinski definition) is 1. The lowest BCUT2D eigenvalue weighted by Crippen LogP contribution is -2.30. The maximum Gasteiger partial charge on any atom is 0.342 e. The predicted octanol–water partition coefficient (Wildman–Crippen LogP) is 3.68. The van der Waals surface area contributed by atoms with Gasteiger partial charge in [0.15, 0.2) is 6.61 Å².